The molecule has 3 N–H and O–H groups in total. The van der Waals surface area contributed by atoms with E-state index in [1.165, 1.54) is 6.20 Å². The Kier molecular flexibility index (Phi) is 2.17. The van der Waals surface area contributed by atoms with Crippen LogP contribution in [-0.2, 0) is 0 Å². The Balaban J connectivity index is 2.30. The number of aryl methyl sites for hydroxylation is 1. The molecule has 0 bridgehead atoms. The van der Waals surface area contributed by atoms with E-state index in [0.717, 1.165) is 18.7 Å². The van der Waals surface area contributed by atoms with Crippen LogP contribution in [0.1, 0.15) is 40.6 Å². The summed E-state index contributed by atoms with van der Waals surface area (Å²) in [4.78, 5) is 19.6. The summed E-state index contributed by atoms with van der Waals surface area (Å²) in [5.74, 6) is 6.03. The molecule has 1 aromatic rings. The minimum absolute atomic E-state index is 0.343. The second-order valence-corrected chi connectivity index (χ2v) is 3.48. The van der Waals surface area contributed by atoms with Crippen molar-refractivity contribution in [3.05, 3.63) is 23.3 Å². The molecule has 0 spiro atoms. The standard InChI is InChI=1S/C9H12N4O/c1-5-7(9(14)13-10)4-11-8(12-5)6-2-3-6/h4,6H,2-3,10H2,1H3,(H,13,14). The van der Waals surface area contributed by atoms with Crippen molar-refractivity contribution in [1.82, 2.24) is 15.4 Å². The Morgan fingerprint density at radius 2 is 2.36 bits per heavy atom. The topological polar surface area (TPSA) is 80.9 Å². The number of nitrogens with zero attached hydrogens (tertiary/aromatic N) is 2. The second kappa shape index (κ2) is 3.34. The molecule has 0 aromatic carbocycles. The van der Waals surface area contributed by atoms with E-state index in [9.17, 15) is 4.79 Å². The van der Waals surface area contributed by atoms with Gasteiger partial charge >= 0.3 is 0 Å². The van der Waals surface area contributed by atoms with Gasteiger partial charge in [-0.2, -0.15) is 0 Å². The third-order valence-electron chi connectivity index (χ3n) is 2.32. The number of hydrogen-bond acceptors (Lipinski definition) is 4. The van der Waals surface area contributed by atoms with Gasteiger partial charge in [0.2, 0.25) is 0 Å². The average molecular weight is 192 g/mol. The Labute approximate surface area is 81.7 Å². The van der Waals surface area contributed by atoms with Crippen molar-refractivity contribution in [2.24, 2.45) is 5.84 Å². The predicted octanol–water partition coefficient (Wildman–Crippen LogP) is 0.266. The van der Waals surface area contributed by atoms with Crippen molar-refractivity contribution in [2.75, 3.05) is 0 Å². The van der Waals surface area contributed by atoms with Crippen molar-refractivity contribution in [3.63, 3.8) is 0 Å². The fourth-order valence-corrected chi connectivity index (χ4v) is 1.32. The van der Waals surface area contributed by atoms with Gasteiger partial charge < -0.3 is 0 Å². The van der Waals surface area contributed by atoms with Crippen molar-refractivity contribution >= 4 is 5.91 Å². The highest BCUT2D eigenvalue weighted by Crippen LogP contribution is 2.37. The first-order valence-corrected chi connectivity index (χ1v) is 4.57. The number of hydrogen-bond donors (Lipinski definition) is 2. The molecule has 1 aromatic heterocycles. The van der Waals surface area contributed by atoms with Gasteiger partial charge in [-0.3, -0.25) is 10.2 Å². The summed E-state index contributed by atoms with van der Waals surface area (Å²) in [7, 11) is 0. The second-order valence-electron chi connectivity index (χ2n) is 3.48. The zero-order chi connectivity index (χ0) is 10.1. The Morgan fingerprint density at radius 1 is 1.64 bits per heavy atom. The molecule has 1 fully saturated rings. The normalized spacial score (nSPS) is 15.3. The number of aromatic nitrogens is 2. The molecule has 1 saturated carbocycles. The largest absolute Gasteiger partial charge is 0.290 e. The van der Waals surface area contributed by atoms with E-state index in [1.54, 1.807) is 6.92 Å². The minimum atomic E-state index is -0.343. The molecule has 14 heavy (non-hydrogen) atoms. The van der Waals surface area contributed by atoms with Gasteiger partial charge in [0.15, 0.2) is 0 Å². The number of nitrogen functional groups attached to an aromatic ring is 1. The molecule has 0 unspecified atom stereocenters. The van der Waals surface area contributed by atoms with Crippen LogP contribution in [0.5, 0.6) is 0 Å². The van der Waals surface area contributed by atoms with Crippen LogP contribution < -0.4 is 11.3 Å². The van der Waals surface area contributed by atoms with Crippen LogP contribution in [0.25, 0.3) is 0 Å². The molecular weight excluding hydrogens is 180 g/mol. The maximum absolute atomic E-state index is 11.2. The van der Waals surface area contributed by atoms with Crippen LogP contribution in [-0.4, -0.2) is 15.9 Å². The van der Waals surface area contributed by atoms with Crippen molar-refractivity contribution in [3.8, 4) is 0 Å². The summed E-state index contributed by atoms with van der Waals surface area (Å²) in [5, 5.41) is 0. The van der Waals surface area contributed by atoms with Crippen LogP contribution in [0.15, 0.2) is 6.20 Å². The van der Waals surface area contributed by atoms with E-state index in [0.29, 0.717) is 17.2 Å². The fourth-order valence-electron chi connectivity index (χ4n) is 1.32. The molecule has 2 rings (SSSR count). The van der Waals surface area contributed by atoms with Crippen molar-refractivity contribution in [2.45, 2.75) is 25.7 Å². The van der Waals surface area contributed by atoms with Crippen LogP contribution in [0.2, 0.25) is 0 Å². The molecule has 0 radical (unpaired) electrons. The van der Waals surface area contributed by atoms with Gasteiger partial charge in [-0.15, -0.1) is 0 Å². The molecule has 0 aliphatic heterocycles. The molecule has 1 heterocycles. The molecule has 0 atom stereocenters. The molecule has 0 saturated heterocycles. The minimum Gasteiger partial charge on any atom is -0.290 e. The molecule has 1 aliphatic rings. The molecule has 1 amide bonds. The van der Waals surface area contributed by atoms with Crippen LogP contribution >= 0.6 is 0 Å². The number of carbonyl (C=O) groups excluding carboxylic acids is 1. The van der Waals surface area contributed by atoms with Gasteiger partial charge in [-0.05, 0) is 19.8 Å². The summed E-state index contributed by atoms with van der Waals surface area (Å²) in [5.41, 5.74) is 3.19. The van der Waals surface area contributed by atoms with Crippen molar-refractivity contribution < 1.29 is 4.79 Å². The number of carbonyl (C=O) groups is 1. The maximum atomic E-state index is 11.2. The van der Waals surface area contributed by atoms with Crippen LogP contribution in [0.4, 0.5) is 0 Å². The Bertz CT molecular complexity index is 373. The van der Waals surface area contributed by atoms with E-state index in [-0.39, 0.29) is 5.91 Å². The Morgan fingerprint density at radius 3 is 2.86 bits per heavy atom. The lowest BCUT2D eigenvalue weighted by molar-refractivity contribution is 0.0952. The van der Waals surface area contributed by atoms with E-state index in [1.807, 2.05) is 0 Å². The molecule has 1 aliphatic carbocycles. The lowest BCUT2D eigenvalue weighted by Gasteiger charge is -2.04. The van der Waals surface area contributed by atoms with Gasteiger partial charge in [-0.25, -0.2) is 15.8 Å². The summed E-state index contributed by atoms with van der Waals surface area (Å²) in [6, 6.07) is 0. The van der Waals surface area contributed by atoms with E-state index in [4.69, 9.17) is 5.84 Å². The highest BCUT2D eigenvalue weighted by Gasteiger charge is 2.27. The van der Waals surface area contributed by atoms with E-state index in [2.05, 4.69) is 15.4 Å². The first kappa shape index (κ1) is 9.08. The highest BCUT2D eigenvalue weighted by atomic mass is 16.2. The first-order chi connectivity index (χ1) is 6.72. The average Bonchev–Trinajstić information content (AvgIpc) is 3.00. The zero-order valence-corrected chi connectivity index (χ0v) is 7.95. The van der Waals surface area contributed by atoms with Crippen LogP contribution in [0.3, 0.4) is 0 Å². The lowest BCUT2D eigenvalue weighted by atomic mass is 10.2. The molecule has 5 nitrogen and oxygen atoms in total. The molecule has 74 valence electrons. The fraction of sp³-hybridized carbons (Fsp3) is 0.444. The molecular formula is C9H12N4O. The van der Waals surface area contributed by atoms with Gasteiger partial charge in [0.25, 0.3) is 5.91 Å². The van der Waals surface area contributed by atoms with Gasteiger partial charge in [0.1, 0.15) is 5.82 Å². The summed E-state index contributed by atoms with van der Waals surface area (Å²) in [6.07, 6.45) is 3.85. The number of amides is 1. The Hall–Kier alpha value is -1.49. The van der Waals surface area contributed by atoms with Crippen molar-refractivity contribution in [1.29, 1.82) is 0 Å². The zero-order valence-electron chi connectivity index (χ0n) is 7.95. The third-order valence-corrected chi connectivity index (χ3v) is 2.32. The third kappa shape index (κ3) is 1.58. The summed E-state index contributed by atoms with van der Waals surface area (Å²) in [6.45, 7) is 1.79. The first-order valence-electron chi connectivity index (χ1n) is 4.57. The predicted molar refractivity (Wildman–Crippen MR) is 50.4 cm³/mol. The SMILES string of the molecule is Cc1nc(C2CC2)ncc1C(=O)NN. The smallest absolute Gasteiger partial charge is 0.268 e. The van der Waals surface area contributed by atoms with Gasteiger partial charge in [0.05, 0.1) is 11.3 Å². The number of rotatable bonds is 2. The monoisotopic (exact) mass is 192 g/mol. The summed E-state index contributed by atoms with van der Waals surface area (Å²) < 4.78 is 0. The number of nitrogens with one attached hydrogen (secondary N) is 1. The highest BCUT2D eigenvalue weighted by molar-refractivity contribution is 5.94. The quantitative estimate of drug-likeness (QED) is 0.400. The lowest BCUT2D eigenvalue weighted by Crippen LogP contribution is -2.31. The van der Waals surface area contributed by atoms with Gasteiger partial charge in [0, 0.05) is 12.1 Å². The van der Waals surface area contributed by atoms with E-state index < -0.39 is 0 Å². The van der Waals surface area contributed by atoms with Crippen LogP contribution in [0, 0.1) is 6.92 Å². The van der Waals surface area contributed by atoms with Gasteiger partial charge in [-0.1, -0.05) is 0 Å². The number of hydrazine groups is 1. The summed E-state index contributed by atoms with van der Waals surface area (Å²) >= 11 is 0. The van der Waals surface area contributed by atoms with E-state index >= 15 is 0 Å². The maximum Gasteiger partial charge on any atom is 0.268 e. The number of nitrogens with two attached hydrogens (primary N) is 1. The molecule has 5 heteroatoms.